The molecule has 1 saturated heterocycles. The van der Waals surface area contributed by atoms with E-state index in [1.54, 1.807) is 0 Å². The van der Waals surface area contributed by atoms with Crippen LogP contribution < -0.4 is 11.4 Å². The molecule has 21 heteroatoms. The van der Waals surface area contributed by atoms with Crippen molar-refractivity contribution in [1.29, 1.82) is 0 Å². The minimum absolute atomic E-state index is 0.372. The van der Waals surface area contributed by atoms with Crippen LogP contribution in [0.5, 0.6) is 0 Å². The Balaban J connectivity index is 2.05. The lowest BCUT2D eigenvalue weighted by Gasteiger charge is -2.19. The highest BCUT2D eigenvalue weighted by molar-refractivity contribution is 7.66. The summed E-state index contributed by atoms with van der Waals surface area (Å²) in [6, 6.07) is 0. The molecule has 18 nitrogen and oxygen atoms in total. The van der Waals surface area contributed by atoms with Crippen molar-refractivity contribution in [3.05, 3.63) is 16.8 Å². The van der Waals surface area contributed by atoms with Gasteiger partial charge in [-0.3, -0.25) is 9.09 Å². The predicted octanol–water partition coefficient (Wildman–Crippen LogP) is -2.82. The first-order valence-electron chi connectivity index (χ1n) is 7.11. The molecule has 1 aliphatic rings. The number of aliphatic hydroxyl groups is 2. The molecule has 1 fully saturated rings. The second-order valence-corrected chi connectivity index (χ2v) is 9.76. The maximum Gasteiger partial charge on any atom is 0.490 e. The van der Waals surface area contributed by atoms with E-state index in [1.165, 1.54) is 0 Å². The molecule has 0 aliphatic carbocycles. The molecule has 8 N–H and O–H groups in total. The highest BCUT2D eigenvalue weighted by Crippen LogP contribution is 2.66. The number of nitrogens with two attached hydrogens (primary N) is 1. The van der Waals surface area contributed by atoms with E-state index in [9.17, 15) is 33.6 Å². The van der Waals surface area contributed by atoms with Crippen LogP contribution in [0, 0.1) is 0 Å². The lowest BCUT2D eigenvalue weighted by atomic mass is 10.1. The van der Waals surface area contributed by atoms with Crippen molar-refractivity contribution >= 4 is 29.4 Å². The summed E-state index contributed by atoms with van der Waals surface area (Å²) in [6.07, 6.45) is -5.79. The number of aliphatic hydroxyl groups excluding tert-OH is 2. The van der Waals surface area contributed by atoms with Gasteiger partial charge < -0.3 is 40.3 Å². The van der Waals surface area contributed by atoms with E-state index in [2.05, 4.69) is 23.1 Å². The van der Waals surface area contributed by atoms with Crippen LogP contribution in [0.1, 0.15) is 6.23 Å². The number of nitrogens with zero attached hydrogens (tertiary/aromatic N) is 3. The average molecular weight is 484 g/mol. The number of rotatable bonds is 8. The van der Waals surface area contributed by atoms with Crippen LogP contribution in [0.15, 0.2) is 11.1 Å². The van der Waals surface area contributed by atoms with Gasteiger partial charge in [0.25, 0.3) is 0 Å². The van der Waals surface area contributed by atoms with Gasteiger partial charge in [0, 0.05) is 0 Å². The van der Waals surface area contributed by atoms with Crippen molar-refractivity contribution in [1.82, 2.24) is 14.5 Å². The van der Waals surface area contributed by atoms with Crippen molar-refractivity contribution in [2.75, 3.05) is 12.3 Å². The topological polar surface area (TPSA) is 283 Å². The summed E-state index contributed by atoms with van der Waals surface area (Å²) < 4.78 is 50.6. The molecule has 166 valence electrons. The van der Waals surface area contributed by atoms with Gasteiger partial charge in [-0.25, -0.2) is 23.5 Å². The Bertz CT molecular complexity index is 947. The largest absolute Gasteiger partial charge is 0.490 e. The molecule has 4 unspecified atom stereocenters. The molecule has 1 aliphatic heterocycles. The first-order chi connectivity index (χ1) is 13.1. The molecule has 29 heavy (non-hydrogen) atoms. The van der Waals surface area contributed by atoms with Gasteiger partial charge in [-0.2, -0.15) is 13.6 Å². The Morgan fingerprint density at radius 2 is 1.72 bits per heavy atom. The van der Waals surface area contributed by atoms with Crippen LogP contribution in [-0.2, 0) is 31.6 Å². The third-order valence-electron chi connectivity index (χ3n) is 3.17. The second-order valence-electron chi connectivity index (χ2n) is 5.34. The fourth-order valence-corrected chi connectivity index (χ4v) is 5.13. The summed E-state index contributed by atoms with van der Waals surface area (Å²) in [5, 5.41) is 19.9. The second kappa shape index (κ2) is 8.56. The van der Waals surface area contributed by atoms with E-state index in [1.807, 2.05) is 0 Å². The van der Waals surface area contributed by atoms with Crippen LogP contribution in [0.2, 0.25) is 0 Å². The third-order valence-corrected chi connectivity index (χ3v) is 6.98. The predicted molar refractivity (Wildman–Crippen MR) is 86.4 cm³/mol. The molecule has 0 aromatic carbocycles. The summed E-state index contributed by atoms with van der Waals surface area (Å²) in [7, 11) is -16.8. The van der Waals surface area contributed by atoms with Gasteiger partial charge in [0.1, 0.15) is 24.6 Å². The molecule has 2 heterocycles. The minimum atomic E-state index is -5.72. The molecule has 6 atom stereocenters. The zero-order valence-corrected chi connectivity index (χ0v) is 16.5. The van der Waals surface area contributed by atoms with Crippen molar-refractivity contribution < 1.29 is 61.4 Å². The van der Waals surface area contributed by atoms with Gasteiger partial charge in [-0.15, -0.1) is 0 Å². The van der Waals surface area contributed by atoms with E-state index in [4.69, 9.17) is 25.2 Å². The highest BCUT2D eigenvalue weighted by Gasteiger charge is 2.46. The molecule has 0 bridgehead atoms. The minimum Gasteiger partial charge on any atom is -0.387 e. The summed E-state index contributed by atoms with van der Waals surface area (Å²) >= 11 is 0. The van der Waals surface area contributed by atoms with E-state index < -0.39 is 60.3 Å². The first kappa shape index (κ1) is 24.2. The van der Waals surface area contributed by atoms with E-state index in [0.29, 0.717) is 4.57 Å². The molecule has 0 saturated carbocycles. The number of ether oxygens (including phenoxy) is 1. The Labute approximate surface area is 159 Å². The summed E-state index contributed by atoms with van der Waals surface area (Å²) in [6.45, 7) is -1.04. The zero-order valence-electron chi connectivity index (χ0n) is 13.8. The summed E-state index contributed by atoms with van der Waals surface area (Å²) in [4.78, 5) is 53.8. The number of phosphoric ester groups is 1. The Morgan fingerprint density at radius 3 is 2.28 bits per heavy atom. The van der Waals surface area contributed by atoms with Crippen molar-refractivity contribution in [3.8, 4) is 0 Å². The van der Waals surface area contributed by atoms with E-state index >= 15 is 0 Å². The smallest absolute Gasteiger partial charge is 0.387 e. The lowest BCUT2D eigenvalue weighted by Crippen LogP contribution is -2.36. The molecule has 1 aromatic rings. The van der Waals surface area contributed by atoms with E-state index in [-0.39, 0.29) is 5.95 Å². The van der Waals surface area contributed by atoms with Gasteiger partial charge in [-0.05, 0) is 0 Å². The van der Waals surface area contributed by atoms with Gasteiger partial charge in [0.15, 0.2) is 6.23 Å². The SMILES string of the molecule is Nc1ncn([C@@H]2O[C@H](COP(=O)(O)OP(=O)(O)OP(=O)(O)O)C(O)C2O)c(=O)n1. The Hall–Kier alpha value is -1.10. The maximum absolute atomic E-state index is 11.8. The van der Waals surface area contributed by atoms with Gasteiger partial charge >= 0.3 is 29.2 Å². The lowest BCUT2D eigenvalue weighted by molar-refractivity contribution is -0.0546. The van der Waals surface area contributed by atoms with Crippen molar-refractivity contribution in [2.24, 2.45) is 0 Å². The number of hydrogen-bond donors (Lipinski definition) is 7. The number of phosphoric acid groups is 3. The van der Waals surface area contributed by atoms with Crippen LogP contribution in [0.3, 0.4) is 0 Å². The summed E-state index contributed by atoms with van der Waals surface area (Å²) in [5.41, 5.74) is 4.22. The quantitative estimate of drug-likeness (QED) is 0.183. The molecular weight excluding hydrogens is 469 g/mol. The van der Waals surface area contributed by atoms with Crippen molar-refractivity contribution in [3.63, 3.8) is 0 Å². The fraction of sp³-hybridized carbons (Fsp3) is 0.625. The van der Waals surface area contributed by atoms with E-state index in [0.717, 1.165) is 6.33 Å². The van der Waals surface area contributed by atoms with Gasteiger partial charge in [-0.1, -0.05) is 0 Å². The highest BCUT2D eigenvalue weighted by atomic mass is 31.3. The van der Waals surface area contributed by atoms with Gasteiger partial charge in [0.2, 0.25) is 5.95 Å². The first-order valence-corrected chi connectivity index (χ1v) is 11.6. The van der Waals surface area contributed by atoms with Crippen LogP contribution >= 0.6 is 23.5 Å². The molecule has 2 rings (SSSR count). The molecular formula is C8H15N4O14P3. The number of nitrogen functional groups attached to an aromatic ring is 1. The fourth-order valence-electron chi connectivity index (χ4n) is 2.10. The molecule has 0 amide bonds. The number of hydrogen-bond acceptors (Lipinski definition) is 13. The Kier molecular flexibility index (Phi) is 7.14. The molecule has 0 radical (unpaired) electrons. The maximum atomic E-state index is 11.8. The summed E-state index contributed by atoms with van der Waals surface area (Å²) in [5.74, 6) is -0.372. The molecule has 0 spiro atoms. The third kappa shape index (κ3) is 6.70. The van der Waals surface area contributed by atoms with Crippen LogP contribution in [0.4, 0.5) is 5.95 Å². The van der Waals surface area contributed by atoms with Crippen LogP contribution in [0.25, 0.3) is 0 Å². The van der Waals surface area contributed by atoms with Crippen LogP contribution in [-0.4, -0.2) is 69.2 Å². The zero-order chi connectivity index (χ0) is 22.2. The number of anilines is 1. The van der Waals surface area contributed by atoms with Crippen molar-refractivity contribution in [2.45, 2.75) is 24.5 Å². The average Bonchev–Trinajstić information content (AvgIpc) is 2.78. The monoisotopic (exact) mass is 484 g/mol. The Morgan fingerprint density at radius 1 is 1.10 bits per heavy atom. The standard InChI is InChI=1S/C8H15N4O14P3/c9-7-10-2-12(8(15)11-7)6-5(14)4(13)3(24-6)1-23-28(19,20)26-29(21,22)25-27(16,17)18/h2-6,13-14H,1H2,(H,19,20)(H,21,22)(H2,9,11,15)(H2,16,17,18)/t3-,4?,5?,6-/m1/s1. The number of aromatic nitrogens is 3. The molecule has 1 aromatic heterocycles. The van der Waals surface area contributed by atoms with Gasteiger partial charge in [0.05, 0.1) is 6.61 Å². The normalized spacial score (nSPS) is 29.3.